The van der Waals surface area contributed by atoms with E-state index in [4.69, 9.17) is 4.74 Å². The summed E-state index contributed by atoms with van der Waals surface area (Å²) in [6.07, 6.45) is 1.39. The van der Waals surface area contributed by atoms with Crippen molar-refractivity contribution in [1.29, 1.82) is 0 Å². The third kappa shape index (κ3) is 4.77. The Morgan fingerprint density at radius 1 is 1.42 bits per heavy atom. The minimum absolute atomic E-state index is 0.153. The van der Waals surface area contributed by atoms with Gasteiger partial charge in [-0.05, 0) is 32.9 Å². The Hall–Kier alpha value is -1.18. The molecule has 1 aromatic rings. The fourth-order valence-corrected chi connectivity index (χ4v) is 2.80. The number of sulfonamides is 1. The first-order valence-electron chi connectivity index (χ1n) is 6.31. The van der Waals surface area contributed by atoms with E-state index in [-0.39, 0.29) is 17.5 Å². The van der Waals surface area contributed by atoms with Crippen LogP contribution < -0.4 is 10.0 Å². The van der Waals surface area contributed by atoms with Crippen molar-refractivity contribution in [3.05, 3.63) is 18.3 Å². The summed E-state index contributed by atoms with van der Waals surface area (Å²) in [6, 6.07) is 3.13. The van der Waals surface area contributed by atoms with Crippen LogP contribution in [0.1, 0.15) is 20.8 Å². The fraction of sp³-hybridized carbons (Fsp3) is 0.583. The lowest BCUT2D eigenvalue weighted by Crippen LogP contribution is -2.32. The van der Waals surface area contributed by atoms with Gasteiger partial charge in [0.25, 0.3) is 0 Å². The van der Waals surface area contributed by atoms with Gasteiger partial charge in [-0.2, -0.15) is 0 Å². The topological polar surface area (TPSA) is 80.3 Å². The average molecular weight is 287 g/mol. The van der Waals surface area contributed by atoms with E-state index in [0.29, 0.717) is 19.0 Å². The van der Waals surface area contributed by atoms with E-state index < -0.39 is 10.0 Å². The molecule has 0 fully saturated rings. The van der Waals surface area contributed by atoms with Crippen molar-refractivity contribution < 1.29 is 13.2 Å². The van der Waals surface area contributed by atoms with Crippen LogP contribution in [0.25, 0.3) is 0 Å². The third-order valence-electron chi connectivity index (χ3n) is 2.42. The molecule has 0 aliphatic carbocycles. The zero-order valence-electron chi connectivity index (χ0n) is 11.5. The molecule has 0 aliphatic rings. The Balaban J connectivity index is 2.82. The highest BCUT2D eigenvalue weighted by molar-refractivity contribution is 7.89. The molecule has 0 aliphatic heterocycles. The summed E-state index contributed by atoms with van der Waals surface area (Å²) in [7, 11) is -3.58. The lowest BCUT2D eigenvalue weighted by Gasteiger charge is -2.14. The largest absolute Gasteiger partial charge is 0.377 e. The second-order valence-corrected chi connectivity index (χ2v) is 5.73. The maximum absolute atomic E-state index is 12.2. The van der Waals surface area contributed by atoms with E-state index in [1.165, 1.54) is 6.07 Å². The van der Waals surface area contributed by atoms with Crippen molar-refractivity contribution in [1.82, 2.24) is 9.71 Å². The van der Waals surface area contributed by atoms with Gasteiger partial charge >= 0.3 is 0 Å². The van der Waals surface area contributed by atoms with Gasteiger partial charge in [-0.3, -0.25) is 0 Å². The summed E-state index contributed by atoms with van der Waals surface area (Å²) in [5, 5.41) is 2.93. The van der Waals surface area contributed by atoms with Crippen LogP contribution in [0, 0.1) is 0 Å². The molecular weight excluding hydrogens is 266 g/mol. The lowest BCUT2D eigenvalue weighted by atomic mass is 10.4. The third-order valence-corrected chi connectivity index (χ3v) is 3.87. The maximum Gasteiger partial charge on any atom is 0.244 e. The molecular formula is C12H21N3O3S. The van der Waals surface area contributed by atoms with Crippen molar-refractivity contribution in [2.24, 2.45) is 0 Å². The molecule has 0 saturated carbocycles. The van der Waals surface area contributed by atoms with Gasteiger partial charge < -0.3 is 10.1 Å². The number of pyridine rings is 1. The molecule has 7 heteroatoms. The summed E-state index contributed by atoms with van der Waals surface area (Å²) in [5.41, 5.74) is 0. The second kappa shape index (κ2) is 7.42. The van der Waals surface area contributed by atoms with Crippen molar-refractivity contribution in [3.63, 3.8) is 0 Å². The maximum atomic E-state index is 12.2. The number of aromatic nitrogens is 1. The second-order valence-electron chi connectivity index (χ2n) is 4.00. The number of hydrogen-bond acceptors (Lipinski definition) is 5. The minimum atomic E-state index is -3.58. The zero-order chi connectivity index (χ0) is 14.3. The molecule has 1 heterocycles. The number of rotatable bonds is 8. The Bertz CT molecular complexity index is 491. The number of nitrogens with one attached hydrogen (secondary N) is 2. The quantitative estimate of drug-likeness (QED) is 0.751. The molecule has 0 radical (unpaired) electrons. The van der Waals surface area contributed by atoms with E-state index in [0.717, 1.165) is 0 Å². The summed E-state index contributed by atoms with van der Waals surface area (Å²) >= 11 is 0. The Morgan fingerprint density at radius 2 is 2.16 bits per heavy atom. The lowest BCUT2D eigenvalue weighted by molar-refractivity contribution is 0.0799. The molecule has 0 saturated heterocycles. The number of ether oxygens (including phenoxy) is 1. The summed E-state index contributed by atoms with van der Waals surface area (Å²) in [4.78, 5) is 4.19. The highest BCUT2D eigenvalue weighted by Crippen LogP contribution is 2.17. The molecule has 6 nitrogen and oxygen atoms in total. The number of nitrogens with zero attached hydrogens (tertiary/aromatic N) is 1. The van der Waals surface area contributed by atoms with Gasteiger partial charge in [-0.15, -0.1) is 0 Å². The van der Waals surface area contributed by atoms with Gasteiger partial charge in [0.05, 0.1) is 6.10 Å². The summed E-state index contributed by atoms with van der Waals surface area (Å²) in [5.74, 6) is 0.363. The Kier molecular flexibility index (Phi) is 6.20. The van der Waals surface area contributed by atoms with Crippen LogP contribution in [0.4, 0.5) is 5.82 Å². The van der Waals surface area contributed by atoms with Gasteiger partial charge in [-0.1, -0.05) is 0 Å². The zero-order valence-corrected chi connectivity index (χ0v) is 12.3. The van der Waals surface area contributed by atoms with Gasteiger partial charge in [-0.25, -0.2) is 18.1 Å². The predicted molar refractivity (Wildman–Crippen MR) is 74.7 cm³/mol. The highest BCUT2D eigenvalue weighted by Gasteiger charge is 2.19. The Labute approximate surface area is 114 Å². The van der Waals surface area contributed by atoms with E-state index in [1.54, 1.807) is 12.3 Å². The van der Waals surface area contributed by atoms with Crippen LogP contribution in [-0.2, 0) is 14.8 Å². The van der Waals surface area contributed by atoms with E-state index >= 15 is 0 Å². The molecule has 0 spiro atoms. The molecule has 1 rings (SSSR count). The van der Waals surface area contributed by atoms with Crippen LogP contribution in [0.2, 0.25) is 0 Å². The SMILES string of the molecule is CCNc1ncccc1S(=O)(=O)NCC(C)OCC. The molecule has 1 atom stereocenters. The predicted octanol–water partition coefficient (Wildman–Crippen LogP) is 1.22. The number of hydrogen-bond donors (Lipinski definition) is 2. The monoisotopic (exact) mass is 287 g/mol. The standard InChI is InChI=1S/C12H21N3O3S/c1-4-13-12-11(7-6-8-14-12)19(16,17)15-9-10(3)18-5-2/h6-8,10,15H,4-5,9H2,1-3H3,(H,13,14). The molecule has 108 valence electrons. The normalized spacial score (nSPS) is 13.2. The highest BCUT2D eigenvalue weighted by atomic mass is 32.2. The molecule has 19 heavy (non-hydrogen) atoms. The van der Waals surface area contributed by atoms with E-state index in [1.807, 2.05) is 20.8 Å². The molecule has 0 amide bonds. The first-order chi connectivity index (χ1) is 9.01. The van der Waals surface area contributed by atoms with Gasteiger partial charge in [0.15, 0.2) is 0 Å². The van der Waals surface area contributed by atoms with Gasteiger partial charge in [0.2, 0.25) is 10.0 Å². The molecule has 1 aromatic heterocycles. The Morgan fingerprint density at radius 3 is 2.79 bits per heavy atom. The molecule has 0 bridgehead atoms. The van der Waals surface area contributed by atoms with Crippen molar-refractivity contribution in [2.45, 2.75) is 31.8 Å². The average Bonchev–Trinajstić information content (AvgIpc) is 2.38. The summed E-state index contributed by atoms with van der Waals surface area (Å²) in [6.45, 7) is 6.97. The van der Waals surface area contributed by atoms with Crippen molar-refractivity contribution in [2.75, 3.05) is 25.0 Å². The molecule has 1 unspecified atom stereocenters. The fourth-order valence-electron chi connectivity index (χ4n) is 1.56. The van der Waals surface area contributed by atoms with Crippen LogP contribution in [0.15, 0.2) is 23.2 Å². The minimum Gasteiger partial charge on any atom is -0.377 e. The van der Waals surface area contributed by atoms with Crippen LogP contribution in [0.5, 0.6) is 0 Å². The smallest absolute Gasteiger partial charge is 0.244 e. The van der Waals surface area contributed by atoms with Crippen molar-refractivity contribution >= 4 is 15.8 Å². The van der Waals surface area contributed by atoms with Crippen LogP contribution >= 0.6 is 0 Å². The molecule has 0 aromatic carbocycles. The number of anilines is 1. The van der Waals surface area contributed by atoms with Crippen molar-refractivity contribution in [3.8, 4) is 0 Å². The first-order valence-corrected chi connectivity index (χ1v) is 7.79. The van der Waals surface area contributed by atoms with Gasteiger partial charge in [0, 0.05) is 25.9 Å². The van der Waals surface area contributed by atoms with E-state index in [9.17, 15) is 8.42 Å². The molecule has 2 N–H and O–H groups in total. The summed E-state index contributed by atoms with van der Waals surface area (Å²) < 4.78 is 32.2. The van der Waals surface area contributed by atoms with Crippen LogP contribution in [0.3, 0.4) is 0 Å². The van der Waals surface area contributed by atoms with Gasteiger partial charge in [0.1, 0.15) is 10.7 Å². The van der Waals surface area contributed by atoms with Crippen LogP contribution in [-0.4, -0.2) is 39.2 Å². The first kappa shape index (κ1) is 15.9. The van der Waals surface area contributed by atoms with E-state index in [2.05, 4.69) is 15.0 Å².